The van der Waals surface area contributed by atoms with Crippen LogP contribution in [-0.2, 0) is 0 Å². The summed E-state index contributed by atoms with van der Waals surface area (Å²) in [5.41, 5.74) is 8.58. The van der Waals surface area contributed by atoms with Crippen LogP contribution in [0.15, 0.2) is 42.5 Å². The Morgan fingerprint density at radius 3 is 2.23 bits per heavy atom. The van der Waals surface area contributed by atoms with Gasteiger partial charge in [-0.1, -0.05) is 12.1 Å². The van der Waals surface area contributed by atoms with Gasteiger partial charge in [0.15, 0.2) is 0 Å². The molecule has 26 heavy (non-hydrogen) atoms. The Morgan fingerprint density at radius 1 is 0.923 bits per heavy atom. The number of aromatic carboxylic acids is 2. The highest BCUT2D eigenvalue weighted by Crippen LogP contribution is 2.45. The maximum atomic E-state index is 11.2. The number of nitrogens with zero attached hydrogens (tertiary/aromatic N) is 2. The number of hydrogen-bond donors (Lipinski definition) is 3. The number of rotatable bonds is 4. The second-order valence-corrected chi connectivity index (χ2v) is 7.11. The monoisotopic (exact) mass is 353 g/mol. The minimum atomic E-state index is -1.02. The minimum absolute atomic E-state index is 0.129. The van der Waals surface area contributed by atoms with Crippen LogP contribution in [0.5, 0.6) is 0 Å². The van der Waals surface area contributed by atoms with Crippen molar-refractivity contribution < 1.29 is 19.8 Å². The Balaban J connectivity index is 1.43. The number of nitrogen functional groups attached to an aromatic ring is 1. The normalized spacial score (nSPS) is 17.5. The van der Waals surface area contributed by atoms with Crippen molar-refractivity contribution in [3.05, 3.63) is 53.6 Å². The molecule has 134 valence electrons. The van der Waals surface area contributed by atoms with Crippen LogP contribution in [0.2, 0.25) is 0 Å². The fourth-order valence-electron chi connectivity index (χ4n) is 3.93. The summed E-state index contributed by atoms with van der Waals surface area (Å²) < 4.78 is 0. The molecule has 2 heterocycles. The van der Waals surface area contributed by atoms with E-state index in [1.165, 1.54) is 6.07 Å². The lowest BCUT2D eigenvalue weighted by Gasteiger charge is -2.61. The van der Waals surface area contributed by atoms with Gasteiger partial charge in [-0.2, -0.15) is 0 Å². The van der Waals surface area contributed by atoms with Crippen LogP contribution in [0.4, 0.5) is 17.1 Å². The third-order valence-corrected chi connectivity index (χ3v) is 5.22. The molecule has 1 spiro atoms. The largest absolute Gasteiger partial charge is 0.478 e. The first-order valence-corrected chi connectivity index (χ1v) is 8.34. The van der Waals surface area contributed by atoms with E-state index in [1.807, 2.05) is 12.1 Å². The molecule has 0 aliphatic carbocycles. The number of carboxylic acids is 2. The molecule has 7 nitrogen and oxygen atoms in total. The van der Waals surface area contributed by atoms with E-state index in [1.54, 1.807) is 24.3 Å². The lowest BCUT2D eigenvalue weighted by molar-refractivity contribution is 0.0686. The van der Waals surface area contributed by atoms with Crippen molar-refractivity contribution in [2.75, 3.05) is 41.7 Å². The molecule has 0 unspecified atom stereocenters. The molecular weight excluding hydrogens is 334 g/mol. The number of benzene rings is 2. The van der Waals surface area contributed by atoms with Crippen molar-refractivity contribution >= 4 is 29.0 Å². The molecule has 0 aromatic heterocycles. The summed E-state index contributed by atoms with van der Waals surface area (Å²) in [6.45, 7) is 3.33. The Morgan fingerprint density at radius 2 is 1.58 bits per heavy atom. The standard InChI is InChI=1S/C19H19N3O4/c20-16-14(18(25)26)5-2-6-15(16)22-10-19(11-22)8-21(9-19)13-4-1-3-12(7-13)17(23)24/h1-7H,8-11,20H2,(H,23,24)(H,25,26). The Bertz CT molecular complexity index is 897. The maximum absolute atomic E-state index is 11.2. The van der Waals surface area contributed by atoms with Crippen LogP contribution in [0, 0.1) is 5.41 Å². The quantitative estimate of drug-likeness (QED) is 0.722. The maximum Gasteiger partial charge on any atom is 0.337 e. The first-order valence-electron chi connectivity index (χ1n) is 8.34. The van der Waals surface area contributed by atoms with Crippen LogP contribution < -0.4 is 15.5 Å². The fraction of sp³-hybridized carbons (Fsp3) is 0.263. The molecule has 0 radical (unpaired) electrons. The molecule has 7 heteroatoms. The third kappa shape index (κ3) is 2.52. The van der Waals surface area contributed by atoms with Crippen LogP contribution in [0.1, 0.15) is 20.7 Å². The van der Waals surface area contributed by atoms with E-state index in [4.69, 9.17) is 10.8 Å². The molecule has 0 bridgehead atoms. The van der Waals surface area contributed by atoms with Crippen molar-refractivity contribution in [2.45, 2.75) is 0 Å². The lowest BCUT2D eigenvalue weighted by Crippen LogP contribution is -2.72. The topological polar surface area (TPSA) is 107 Å². The SMILES string of the molecule is Nc1c(C(=O)O)cccc1N1CC2(CN(c3cccc(C(=O)O)c3)C2)C1. The highest BCUT2D eigenvalue weighted by Gasteiger charge is 2.52. The second-order valence-electron chi connectivity index (χ2n) is 7.11. The van der Waals surface area contributed by atoms with E-state index in [9.17, 15) is 14.7 Å². The minimum Gasteiger partial charge on any atom is -0.478 e. The molecule has 2 aromatic carbocycles. The predicted molar refractivity (Wildman–Crippen MR) is 98.1 cm³/mol. The molecule has 2 aromatic rings. The third-order valence-electron chi connectivity index (χ3n) is 5.22. The van der Waals surface area contributed by atoms with Gasteiger partial charge in [0, 0.05) is 37.3 Å². The highest BCUT2D eigenvalue weighted by molar-refractivity contribution is 5.97. The highest BCUT2D eigenvalue weighted by atomic mass is 16.4. The number of nitrogens with two attached hydrogens (primary N) is 1. The Hall–Kier alpha value is -3.22. The van der Waals surface area contributed by atoms with Crippen LogP contribution in [0.3, 0.4) is 0 Å². The van der Waals surface area contributed by atoms with Gasteiger partial charge in [0.25, 0.3) is 0 Å². The van der Waals surface area contributed by atoms with Gasteiger partial charge in [0.1, 0.15) is 0 Å². The van der Waals surface area contributed by atoms with Crippen LogP contribution >= 0.6 is 0 Å². The van der Waals surface area contributed by atoms with Gasteiger partial charge in [0.2, 0.25) is 0 Å². The zero-order valence-electron chi connectivity index (χ0n) is 14.1. The first-order chi connectivity index (χ1) is 12.4. The summed E-state index contributed by atoms with van der Waals surface area (Å²) in [5, 5.41) is 18.3. The van der Waals surface area contributed by atoms with E-state index in [-0.39, 0.29) is 16.5 Å². The summed E-state index contributed by atoms with van der Waals surface area (Å²) >= 11 is 0. The molecule has 4 rings (SSSR count). The summed E-state index contributed by atoms with van der Waals surface area (Å²) in [6, 6.07) is 12.0. The van der Waals surface area contributed by atoms with Gasteiger partial charge >= 0.3 is 11.9 Å². The van der Waals surface area contributed by atoms with Gasteiger partial charge in [-0.3, -0.25) is 0 Å². The summed E-state index contributed by atoms with van der Waals surface area (Å²) in [6.07, 6.45) is 0. The van der Waals surface area contributed by atoms with Crippen LogP contribution in [0.25, 0.3) is 0 Å². The Kier molecular flexibility index (Phi) is 3.54. The molecular formula is C19H19N3O4. The smallest absolute Gasteiger partial charge is 0.337 e. The molecule has 2 aliphatic rings. The number of carboxylic acid groups (broad SMARTS) is 2. The van der Waals surface area contributed by atoms with E-state index in [2.05, 4.69) is 9.80 Å². The van der Waals surface area contributed by atoms with Crippen molar-refractivity contribution in [3.8, 4) is 0 Å². The molecule has 2 fully saturated rings. The molecule has 4 N–H and O–H groups in total. The Labute approximate surface area is 150 Å². The van der Waals surface area contributed by atoms with Gasteiger partial charge in [-0.05, 0) is 30.3 Å². The van der Waals surface area contributed by atoms with Crippen molar-refractivity contribution in [2.24, 2.45) is 5.41 Å². The van der Waals surface area contributed by atoms with Gasteiger partial charge < -0.3 is 25.7 Å². The zero-order chi connectivity index (χ0) is 18.5. The molecule has 2 aliphatic heterocycles. The predicted octanol–water partition coefficient (Wildman–Crippen LogP) is 1.99. The van der Waals surface area contributed by atoms with Gasteiger partial charge in [-0.15, -0.1) is 0 Å². The summed E-state index contributed by atoms with van der Waals surface area (Å²) in [5.74, 6) is -1.95. The van der Waals surface area contributed by atoms with E-state index in [0.29, 0.717) is 5.69 Å². The van der Waals surface area contributed by atoms with Crippen molar-refractivity contribution in [1.29, 1.82) is 0 Å². The van der Waals surface area contributed by atoms with Crippen LogP contribution in [-0.4, -0.2) is 48.3 Å². The average Bonchev–Trinajstić information content (AvgIpc) is 2.53. The molecule has 2 saturated heterocycles. The van der Waals surface area contributed by atoms with Gasteiger partial charge in [-0.25, -0.2) is 9.59 Å². The molecule has 0 amide bonds. The molecule has 0 saturated carbocycles. The first kappa shape index (κ1) is 16.3. The van der Waals surface area contributed by atoms with Gasteiger partial charge in [0.05, 0.1) is 22.5 Å². The van der Waals surface area contributed by atoms with E-state index in [0.717, 1.165) is 37.6 Å². The number of hydrogen-bond acceptors (Lipinski definition) is 5. The van der Waals surface area contributed by atoms with Crippen molar-refractivity contribution in [1.82, 2.24) is 0 Å². The van der Waals surface area contributed by atoms with E-state index >= 15 is 0 Å². The number of para-hydroxylation sites is 1. The zero-order valence-corrected chi connectivity index (χ0v) is 14.1. The number of anilines is 3. The molecule has 0 atom stereocenters. The lowest BCUT2D eigenvalue weighted by atomic mass is 9.72. The summed E-state index contributed by atoms with van der Waals surface area (Å²) in [7, 11) is 0. The second kappa shape index (κ2) is 5.66. The number of carbonyl (C=O) groups is 2. The average molecular weight is 353 g/mol. The summed E-state index contributed by atoms with van der Waals surface area (Å²) in [4.78, 5) is 26.6. The fourth-order valence-corrected chi connectivity index (χ4v) is 3.93. The van der Waals surface area contributed by atoms with E-state index < -0.39 is 11.9 Å². The van der Waals surface area contributed by atoms with Crippen molar-refractivity contribution in [3.63, 3.8) is 0 Å².